The number of nitrogens with one attached hydrogen (secondary N) is 1. The van der Waals surface area contributed by atoms with Gasteiger partial charge in [0, 0.05) is 51.4 Å². The number of nitrogens with zero attached hydrogens (tertiary/aromatic N) is 3. The molecular weight excluding hydrogens is 479 g/mol. The molecular formula is C23H30BrFN4OS. The van der Waals surface area contributed by atoms with E-state index in [-0.39, 0.29) is 28.9 Å². The van der Waals surface area contributed by atoms with Crippen molar-refractivity contribution in [1.82, 2.24) is 14.8 Å². The summed E-state index contributed by atoms with van der Waals surface area (Å²) < 4.78 is 20.2. The molecule has 1 saturated heterocycles. The van der Waals surface area contributed by atoms with Crippen LogP contribution in [0.3, 0.4) is 0 Å². The molecule has 0 spiro atoms. The Balaban J connectivity index is 0.00000272. The number of fused-ring (bicyclic) bond motifs is 1. The van der Waals surface area contributed by atoms with Crippen LogP contribution in [-0.2, 0) is 6.54 Å². The Labute approximate surface area is 198 Å². The van der Waals surface area contributed by atoms with Crippen molar-refractivity contribution in [2.24, 2.45) is 0 Å². The summed E-state index contributed by atoms with van der Waals surface area (Å²) in [7, 11) is 0. The SMILES string of the molecule is Br.CC(C)Oc1ccccc1CN1CCN(CCNc2nc3ccc(F)cc3s2)CC1. The minimum absolute atomic E-state index is 0. The summed E-state index contributed by atoms with van der Waals surface area (Å²) >= 11 is 1.50. The van der Waals surface area contributed by atoms with Crippen molar-refractivity contribution in [1.29, 1.82) is 0 Å². The Bertz CT molecular complexity index is 975. The van der Waals surface area contributed by atoms with Gasteiger partial charge in [-0.2, -0.15) is 0 Å². The number of para-hydroxylation sites is 1. The first-order valence-electron chi connectivity index (χ1n) is 10.6. The van der Waals surface area contributed by atoms with E-state index in [1.165, 1.54) is 23.0 Å². The number of anilines is 1. The lowest BCUT2D eigenvalue weighted by Crippen LogP contribution is -2.47. The number of ether oxygens (including phenoxy) is 1. The standard InChI is InChI=1S/C23H29FN4OS.BrH/c1-17(2)29-21-6-4-3-5-18(21)16-28-13-11-27(12-14-28)10-9-25-23-26-20-8-7-19(24)15-22(20)30-23;/h3-8,15,17H,9-14,16H2,1-2H3,(H,25,26);1H. The third-order valence-electron chi connectivity index (χ3n) is 5.25. The number of thiazole rings is 1. The van der Waals surface area contributed by atoms with E-state index in [4.69, 9.17) is 4.74 Å². The Kier molecular flexibility index (Phi) is 8.66. The number of benzene rings is 2. The van der Waals surface area contributed by atoms with Crippen molar-refractivity contribution in [3.63, 3.8) is 0 Å². The molecule has 2 heterocycles. The number of piperazine rings is 1. The van der Waals surface area contributed by atoms with Crippen LogP contribution in [0.25, 0.3) is 10.2 Å². The minimum Gasteiger partial charge on any atom is -0.491 e. The molecule has 168 valence electrons. The second-order valence-corrected chi connectivity index (χ2v) is 8.98. The molecule has 1 fully saturated rings. The van der Waals surface area contributed by atoms with E-state index in [2.05, 4.69) is 52.1 Å². The molecule has 0 saturated carbocycles. The normalized spacial score (nSPS) is 15.2. The lowest BCUT2D eigenvalue weighted by atomic mass is 10.1. The summed E-state index contributed by atoms with van der Waals surface area (Å²) in [6.07, 6.45) is 0.185. The summed E-state index contributed by atoms with van der Waals surface area (Å²) in [5.74, 6) is 0.781. The number of hydrogen-bond acceptors (Lipinski definition) is 6. The Morgan fingerprint density at radius 1 is 1.10 bits per heavy atom. The molecule has 0 atom stereocenters. The average Bonchev–Trinajstić information content (AvgIpc) is 3.12. The van der Waals surface area contributed by atoms with Gasteiger partial charge in [-0.05, 0) is 38.1 Å². The largest absolute Gasteiger partial charge is 0.491 e. The van der Waals surface area contributed by atoms with E-state index in [9.17, 15) is 4.39 Å². The second-order valence-electron chi connectivity index (χ2n) is 7.95. The van der Waals surface area contributed by atoms with Crippen LogP contribution in [0, 0.1) is 5.82 Å². The average molecular weight is 509 g/mol. The maximum absolute atomic E-state index is 13.3. The van der Waals surface area contributed by atoms with Gasteiger partial charge >= 0.3 is 0 Å². The zero-order valence-corrected chi connectivity index (χ0v) is 20.5. The van der Waals surface area contributed by atoms with Crippen molar-refractivity contribution < 1.29 is 9.13 Å². The Hall–Kier alpha value is -1.74. The van der Waals surface area contributed by atoms with Crippen LogP contribution in [-0.4, -0.2) is 60.2 Å². The van der Waals surface area contributed by atoms with Gasteiger partial charge in [0.25, 0.3) is 0 Å². The number of rotatable bonds is 8. The highest BCUT2D eigenvalue weighted by atomic mass is 79.9. The topological polar surface area (TPSA) is 40.6 Å². The van der Waals surface area contributed by atoms with Crippen LogP contribution in [0.4, 0.5) is 9.52 Å². The van der Waals surface area contributed by atoms with Crippen LogP contribution in [0.5, 0.6) is 5.75 Å². The Morgan fingerprint density at radius 2 is 1.84 bits per heavy atom. The van der Waals surface area contributed by atoms with Gasteiger partial charge in [-0.15, -0.1) is 17.0 Å². The molecule has 1 N–H and O–H groups in total. The summed E-state index contributed by atoms with van der Waals surface area (Å²) in [5.41, 5.74) is 2.10. The zero-order chi connectivity index (χ0) is 20.9. The van der Waals surface area contributed by atoms with Gasteiger partial charge in [0.1, 0.15) is 11.6 Å². The van der Waals surface area contributed by atoms with Crippen LogP contribution < -0.4 is 10.1 Å². The van der Waals surface area contributed by atoms with E-state index in [1.807, 2.05) is 6.07 Å². The molecule has 4 rings (SSSR count). The number of aromatic nitrogens is 1. The molecule has 1 aliphatic heterocycles. The van der Waals surface area contributed by atoms with E-state index < -0.39 is 0 Å². The lowest BCUT2D eigenvalue weighted by molar-refractivity contribution is 0.128. The predicted molar refractivity (Wildman–Crippen MR) is 132 cm³/mol. The van der Waals surface area contributed by atoms with Crippen molar-refractivity contribution in [2.75, 3.05) is 44.6 Å². The molecule has 0 bridgehead atoms. The Morgan fingerprint density at radius 3 is 2.61 bits per heavy atom. The summed E-state index contributed by atoms with van der Waals surface area (Å²) in [6, 6.07) is 13.1. The highest BCUT2D eigenvalue weighted by molar-refractivity contribution is 8.93. The van der Waals surface area contributed by atoms with Gasteiger partial charge in [0.15, 0.2) is 5.13 Å². The maximum atomic E-state index is 13.3. The van der Waals surface area contributed by atoms with Crippen LogP contribution in [0.2, 0.25) is 0 Å². The fourth-order valence-electron chi connectivity index (χ4n) is 3.71. The second kappa shape index (κ2) is 11.2. The predicted octanol–water partition coefficient (Wildman–Crippen LogP) is 5.03. The highest BCUT2D eigenvalue weighted by Crippen LogP contribution is 2.26. The van der Waals surface area contributed by atoms with Gasteiger partial charge in [-0.25, -0.2) is 9.37 Å². The molecule has 1 aromatic heterocycles. The number of hydrogen-bond donors (Lipinski definition) is 1. The van der Waals surface area contributed by atoms with Crippen molar-refractivity contribution in [3.8, 4) is 5.75 Å². The summed E-state index contributed by atoms with van der Waals surface area (Å²) in [5, 5.41) is 4.25. The van der Waals surface area contributed by atoms with Crippen LogP contribution in [0.1, 0.15) is 19.4 Å². The van der Waals surface area contributed by atoms with Gasteiger partial charge < -0.3 is 10.1 Å². The van der Waals surface area contributed by atoms with Crippen molar-refractivity contribution >= 4 is 43.7 Å². The minimum atomic E-state index is -0.214. The molecule has 0 aliphatic carbocycles. The van der Waals surface area contributed by atoms with Gasteiger partial charge in [-0.3, -0.25) is 9.80 Å². The smallest absolute Gasteiger partial charge is 0.183 e. The zero-order valence-electron chi connectivity index (χ0n) is 18.0. The van der Waals surface area contributed by atoms with E-state index >= 15 is 0 Å². The molecule has 0 radical (unpaired) electrons. The monoisotopic (exact) mass is 508 g/mol. The highest BCUT2D eigenvalue weighted by Gasteiger charge is 2.18. The van der Waals surface area contributed by atoms with Gasteiger partial charge in [0.05, 0.1) is 16.3 Å². The van der Waals surface area contributed by atoms with Crippen LogP contribution in [0.15, 0.2) is 42.5 Å². The summed E-state index contributed by atoms with van der Waals surface area (Å²) in [4.78, 5) is 9.50. The first-order valence-corrected chi connectivity index (χ1v) is 11.4. The van der Waals surface area contributed by atoms with E-state index in [0.717, 1.165) is 66.9 Å². The molecule has 1 aliphatic rings. The van der Waals surface area contributed by atoms with Gasteiger partial charge in [0.2, 0.25) is 0 Å². The molecule has 3 aromatic rings. The quantitative estimate of drug-likeness (QED) is 0.462. The van der Waals surface area contributed by atoms with E-state index in [0.29, 0.717) is 0 Å². The first-order chi connectivity index (χ1) is 14.6. The van der Waals surface area contributed by atoms with Crippen LogP contribution >= 0.6 is 28.3 Å². The lowest BCUT2D eigenvalue weighted by Gasteiger charge is -2.35. The number of halogens is 2. The molecule has 0 amide bonds. The molecule has 2 aromatic carbocycles. The third kappa shape index (κ3) is 6.62. The fourth-order valence-corrected chi connectivity index (χ4v) is 4.63. The molecule has 31 heavy (non-hydrogen) atoms. The fraction of sp³-hybridized carbons (Fsp3) is 0.435. The third-order valence-corrected chi connectivity index (χ3v) is 6.22. The van der Waals surface area contributed by atoms with Crippen molar-refractivity contribution in [3.05, 3.63) is 53.8 Å². The molecule has 0 unspecified atom stereocenters. The molecule has 8 heteroatoms. The summed E-state index contributed by atoms with van der Waals surface area (Å²) in [6.45, 7) is 11.1. The van der Waals surface area contributed by atoms with E-state index in [1.54, 1.807) is 12.1 Å². The van der Waals surface area contributed by atoms with Crippen molar-refractivity contribution in [2.45, 2.75) is 26.5 Å². The van der Waals surface area contributed by atoms with Gasteiger partial charge in [-0.1, -0.05) is 29.5 Å². The maximum Gasteiger partial charge on any atom is 0.183 e. The molecule has 5 nitrogen and oxygen atoms in total. The first kappa shape index (κ1) is 23.9.